The Bertz CT molecular complexity index is 2440. The van der Waals surface area contributed by atoms with Crippen LogP contribution < -0.4 is 21.3 Å². The van der Waals surface area contributed by atoms with Gasteiger partial charge in [-0.05, 0) is 63.1 Å². The summed E-state index contributed by atoms with van der Waals surface area (Å²) >= 11 is 2.37. The molecule has 0 aliphatic carbocycles. The number of nitrogens with zero attached hydrogens (tertiary/aromatic N) is 2. The third-order valence-electron chi connectivity index (χ3n) is 12.8. The van der Waals surface area contributed by atoms with Crippen molar-refractivity contribution < 1.29 is 69.0 Å². The second-order valence-corrected chi connectivity index (χ2v) is 19.9. The number of aromatic carboxylic acids is 1. The van der Waals surface area contributed by atoms with E-state index in [0.717, 1.165) is 11.8 Å². The lowest BCUT2D eigenvalue weighted by atomic mass is 9.79. The van der Waals surface area contributed by atoms with Crippen LogP contribution in [0.3, 0.4) is 0 Å². The number of carbonyl (C=O) groups excluding carboxylic acids is 4. The zero-order valence-electron chi connectivity index (χ0n) is 36.0. The first kappa shape index (κ1) is 48.0. The molecule has 12 atom stereocenters. The molecule has 0 bridgehead atoms. The van der Waals surface area contributed by atoms with Gasteiger partial charge in [0.05, 0.1) is 35.8 Å². The normalized spacial score (nSPS) is 28.3. The van der Waals surface area contributed by atoms with E-state index in [1.165, 1.54) is 71.8 Å². The van der Waals surface area contributed by atoms with Gasteiger partial charge in [0.1, 0.15) is 23.4 Å². The van der Waals surface area contributed by atoms with E-state index in [-0.39, 0.29) is 58.5 Å². The highest BCUT2D eigenvalue weighted by Crippen LogP contribution is 2.52. The van der Waals surface area contributed by atoms with E-state index in [1.807, 2.05) is 0 Å². The summed E-state index contributed by atoms with van der Waals surface area (Å²) in [6.07, 6.45) is -1.95. The number of aliphatic carboxylic acids is 3. The molecule has 0 aromatic heterocycles. The summed E-state index contributed by atoms with van der Waals surface area (Å²) in [4.78, 5) is 107. The molecule has 3 fully saturated rings. The lowest BCUT2D eigenvalue weighted by Gasteiger charge is -2.46. The highest BCUT2D eigenvalue weighted by Gasteiger charge is 2.60. The van der Waals surface area contributed by atoms with Crippen LogP contribution in [0.15, 0.2) is 69.7 Å². The fourth-order valence-corrected chi connectivity index (χ4v) is 12.6. The first-order valence-corrected chi connectivity index (χ1v) is 23.0. The van der Waals surface area contributed by atoms with Crippen LogP contribution >= 0.6 is 23.5 Å². The van der Waals surface area contributed by atoms with Gasteiger partial charge >= 0.3 is 23.9 Å². The number of hydrogen-bond acceptors (Lipinski definition) is 14. The minimum absolute atomic E-state index is 0.0369. The summed E-state index contributed by atoms with van der Waals surface area (Å²) in [6, 6.07) is 8.33. The monoisotopic (exact) mass is 950 g/mol. The van der Waals surface area contributed by atoms with Crippen molar-refractivity contribution in [1.29, 1.82) is 0 Å². The Morgan fingerprint density at radius 3 is 1.98 bits per heavy atom. The molecule has 3 saturated heterocycles. The van der Waals surface area contributed by atoms with Crippen molar-refractivity contribution in [2.24, 2.45) is 23.7 Å². The van der Waals surface area contributed by atoms with Crippen molar-refractivity contribution in [2.45, 2.75) is 87.4 Å². The lowest BCUT2D eigenvalue weighted by Crippen LogP contribution is -2.63. The first-order valence-electron chi connectivity index (χ1n) is 21.2. The Balaban J connectivity index is 1.06. The molecule has 0 radical (unpaired) electrons. The second-order valence-electron chi connectivity index (χ2n) is 17.2. The number of carboxylic acid groups (broad SMARTS) is 4. The molecule has 10 N–H and O–H groups in total. The summed E-state index contributed by atoms with van der Waals surface area (Å²) in [5, 5.41) is 70.6. The quantitative estimate of drug-likeness (QED) is 0.107. The average Bonchev–Trinajstić information content (AvgIpc) is 4.02. The second kappa shape index (κ2) is 19.1. The lowest BCUT2D eigenvalue weighted by molar-refractivity contribution is -0.163. The Kier molecular flexibility index (Phi) is 13.9. The van der Waals surface area contributed by atoms with E-state index in [4.69, 9.17) is 0 Å². The molecule has 352 valence electrons. The van der Waals surface area contributed by atoms with E-state index < -0.39 is 113 Å². The summed E-state index contributed by atoms with van der Waals surface area (Å²) < 4.78 is 0. The molecule has 2 aromatic carbocycles. The molecule has 7 rings (SSSR count). The average molecular weight is 951 g/mol. The summed E-state index contributed by atoms with van der Waals surface area (Å²) in [5.74, 6) is -10.4. The van der Waals surface area contributed by atoms with Gasteiger partial charge in [0.25, 0.3) is 5.91 Å². The van der Waals surface area contributed by atoms with Crippen molar-refractivity contribution >= 4 is 82.4 Å². The van der Waals surface area contributed by atoms with E-state index >= 15 is 0 Å². The number of rotatable bonds is 16. The number of amides is 4. The number of nitrogens with one attached hydrogen (secondary N) is 4. The number of β-lactam (4-membered cyclic amide) rings is 1. The number of anilines is 2. The topological polar surface area (TPSA) is 313 Å². The fourth-order valence-electron chi connectivity index (χ4n) is 9.61. The standard InChI is InChI=1S/C44H50N6O14S2/c1-17-31(29(19(3)51)42(59)60)48-32(43(61)62)35(17)65-25-13-27(45-15-25)37(53)46-23-9-5-7-21(11-23)39(55)49-16-26(14-28(49)38(54)47-24-10-6-8-22(12-24)41(57)58)66-36-18(2)33-30(20(4)52)40(56)50(33)34(36)44(63)64/h5-12,17-20,25-31,33,45,48,51-52H,13-16H2,1-4H3,(H,46,53)(H,47,54)(H,57,58)(H,59,60)(H,61,62)(H,63,64)/t17-,18-,19-,20-,25+,26+,27+,28+,29-,30-,31-,33-/m1/s1. The number of carboxylic acids is 4. The SMILES string of the molecule is C[C@@H](O)[C@@H](C(=O)O)[C@@H]1NC(C(=O)O)=C(S[C@@H]2CN[C@H](C(=O)Nc3cccc(C(=O)N4C[C@@H](SC5=C(C(=O)O)N6C(=O)[C@H]([C@@H](C)O)[C@H]6[C@H]5C)C[C@H]4C(=O)Nc4cccc(C(=O)O)c4)c3)C2)[C@@H]1C. The number of carbonyl (C=O) groups is 8. The zero-order valence-corrected chi connectivity index (χ0v) is 37.7. The number of aliphatic hydroxyl groups is 2. The number of aliphatic hydroxyl groups excluding tert-OH is 2. The van der Waals surface area contributed by atoms with Crippen LogP contribution in [0, 0.1) is 23.7 Å². The Morgan fingerprint density at radius 1 is 0.773 bits per heavy atom. The molecule has 5 aliphatic heterocycles. The fraction of sp³-hybridized carbons (Fsp3) is 0.455. The van der Waals surface area contributed by atoms with Crippen molar-refractivity contribution in [3.63, 3.8) is 0 Å². The smallest absolute Gasteiger partial charge is 0.353 e. The van der Waals surface area contributed by atoms with Gasteiger partial charge < -0.3 is 61.7 Å². The largest absolute Gasteiger partial charge is 0.481 e. The van der Waals surface area contributed by atoms with Crippen LogP contribution in [0.5, 0.6) is 0 Å². The van der Waals surface area contributed by atoms with Gasteiger partial charge in [0.15, 0.2) is 0 Å². The highest BCUT2D eigenvalue weighted by molar-refractivity contribution is 8.04. The number of hydrogen-bond donors (Lipinski definition) is 10. The molecular formula is C44H50N6O14S2. The molecule has 22 heteroatoms. The van der Waals surface area contributed by atoms with Crippen LogP contribution in [-0.2, 0) is 28.8 Å². The van der Waals surface area contributed by atoms with Crippen LogP contribution in [0.1, 0.15) is 61.3 Å². The molecule has 0 unspecified atom stereocenters. The molecule has 0 spiro atoms. The molecule has 0 saturated carbocycles. The third kappa shape index (κ3) is 9.24. The Hall–Kier alpha value is -5.94. The first-order chi connectivity index (χ1) is 31.2. The molecule has 4 amide bonds. The van der Waals surface area contributed by atoms with Crippen LogP contribution in [0.2, 0.25) is 0 Å². The van der Waals surface area contributed by atoms with Crippen LogP contribution in [0.4, 0.5) is 11.4 Å². The van der Waals surface area contributed by atoms with Crippen molar-refractivity contribution in [3.8, 4) is 0 Å². The minimum Gasteiger partial charge on any atom is -0.481 e. The number of thioether (sulfide) groups is 2. The van der Waals surface area contributed by atoms with Crippen molar-refractivity contribution in [1.82, 2.24) is 20.4 Å². The molecule has 5 aliphatic rings. The van der Waals surface area contributed by atoms with E-state index in [0.29, 0.717) is 16.4 Å². The number of likely N-dealkylation sites (tertiary alicyclic amines) is 1. The van der Waals surface area contributed by atoms with E-state index in [9.17, 15) is 69.0 Å². The van der Waals surface area contributed by atoms with Gasteiger partial charge in [-0.2, -0.15) is 0 Å². The van der Waals surface area contributed by atoms with Crippen molar-refractivity contribution in [3.05, 3.63) is 80.9 Å². The van der Waals surface area contributed by atoms with E-state index in [2.05, 4.69) is 21.3 Å². The third-order valence-corrected chi connectivity index (χ3v) is 15.8. The van der Waals surface area contributed by atoms with Crippen molar-refractivity contribution in [2.75, 3.05) is 23.7 Å². The summed E-state index contributed by atoms with van der Waals surface area (Å²) in [5.41, 5.74) is 0.0847. The molecule has 2 aromatic rings. The van der Waals surface area contributed by atoms with Crippen LogP contribution in [0.25, 0.3) is 0 Å². The maximum atomic E-state index is 14.4. The predicted octanol–water partition coefficient (Wildman–Crippen LogP) is 1.88. The summed E-state index contributed by atoms with van der Waals surface area (Å²) in [6.45, 7) is 6.53. The molecule has 66 heavy (non-hydrogen) atoms. The van der Waals surface area contributed by atoms with Gasteiger partial charge in [-0.3, -0.25) is 24.0 Å². The number of fused-ring (bicyclic) bond motifs is 1. The van der Waals surface area contributed by atoms with Gasteiger partial charge in [0, 0.05) is 68.2 Å². The minimum atomic E-state index is -1.33. The summed E-state index contributed by atoms with van der Waals surface area (Å²) in [7, 11) is 0. The Morgan fingerprint density at radius 2 is 1.39 bits per heavy atom. The highest BCUT2D eigenvalue weighted by atomic mass is 32.2. The maximum Gasteiger partial charge on any atom is 0.353 e. The predicted molar refractivity (Wildman–Crippen MR) is 239 cm³/mol. The molecule has 5 heterocycles. The van der Waals surface area contributed by atoms with Gasteiger partial charge in [-0.1, -0.05) is 26.0 Å². The molecular weight excluding hydrogens is 901 g/mol. The van der Waals surface area contributed by atoms with E-state index in [1.54, 1.807) is 26.0 Å². The van der Waals surface area contributed by atoms with Gasteiger partial charge in [-0.25, -0.2) is 14.4 Å². The van der Waals surface area contributed by atoms with Crippen LogP contribution in [-0.4, -0.2) is 148 Å². The van der Waals surface area contributed by atoms with Gasteiger partial charge in [0.2, 0.25) is 17.7 Å². The van der Waals surface area contributed by atoms with Gasteiger partial charge in [-0.15, -0.1) is 23.5 Å². The Labute approximate surface area is 386 Å². The number of benzene rings is 2. The maximum absolute atomic E-state index is 14.4. The molecule has 20 nitrogen and oxygen atoms in total. The zero-order chi connectivity index (χ0) is 48.0.